The third kappa shape index (κ3) is 3.83. The number of thiophene rings is 1. The van der Waals surface area contributed by atoms with Gasteiger partial charge in [0.15, 0.2) is 0 Å². The van der Waals surface area contributed by atoms with Crippen molar-refractivity contribution in [3.05, 3.63) is 76.7 Å². The number of hydrogen-bond donors (Lipinski definition) is 1. The van der Waals surface area contributed by atoms with Gasteiger partial charge in [-0.15, -0.1) is 11.3 Å². The molecule has 0 aliphatic carbocycles. The second-order valence-corrected chi connectivity index (χ2v) is 6.05. The molecule has 2 heterocycles. The minimum absolute atomic E-state index is 0.0310. The molecule has 5 heteroatoms. The van der Waals surface area contributed by atoms with Gasteiger partial charge in [-0.3, -0.25) is 9.48 Å². The van der Waals surface area contributed by atoms with Crippen molar-refractivity contribution in [3.63, 3.8) is 0 Å². The number of carbonyl (C=O) groups is 1. The van der Waals surface area contributed by atoms with E-state index >= 15 is 0 Å². The van der Waals surface area contributed by atoms with Crippen LogP contribution in [0, 0.1) is 0 Å². The van der Waals surface area contributed by atoms with E-state index in [1.807, 2.05) is 64.8 Å². The number of amides is 1. The molecule has 0 fully saturated rings. The monoisotopic (exact) mass is 311 g/mol. The molecule has 22 heavy (non-hydrogen) atoms. The average Bonchev–Trinajstić information content (AvgIpc) is 3.21. The van der Waals surface area contributed by atoms with Gasteiger partial charge in [0.25, 0.3) is 0 Å². The maximum absolute atomic E-state index is 12.3. The fourth-order valence-electron chi connectivity index (χ4n) is 2.33. The first-order valence-corrected chi connectivity index (χ1v) is 8.03. The molecule has 0 bridgehead atoms. The van der Waals surface area contributed by atoms with Crippen molar-refractivity contribution >= 4 is 17.2 Å². The summed E-state index contributed by atoms with van der Waals surface area (Å²) in [6.45, 7) is 0.618. The Labute approximate surface area is 133 Å². The van der Waals surface area contributed by atoms with Crippen molar-refractivity contribution in [1.29, 1.82) is 0 Å². The van der Waals surface area contributed by atoms with Crippen LogP contribution in [-0.2, 0) is 17.8 Å². The van der Waals surface area contributed by atoms with Crippen LogP contribution in [0.1, 0.15) is 16.5 Å². The molecule has 2 aromatic heterocycles. The summed E-state index contributed by atoms with van der Waals surface area (Å²) in [6.07, 6.45) is 4.07. The number of aromatic nitrogens is 2. The van der Waals surface area contributed by atoms with Crippen molar-refractivity contribution in [2.75, 3.05) is 0 Å². The van der Waals surface area contributed by atoms with Gasteiger partial charge in [-0.2, -0.15) is 5.10 Å². The molecule has 0 saturated carbocycles. The van der Waals surface area contributed by atoms with Crippen molar-refractivity contribution in [3.8, 4) is 0 Å². The zero-order chi connectivity index (χ0) is 15.2. The van der Waals surface area contributed by atoms with Gasteiger partial charge >= 0.3 is 0 Å². The van der Waals surface area contributed by atoms with Crippen molar-refractivity contribution < 1.29 is 4.79 Å². The van der Waals surface area contributed by atoms with Gasteiger partial charge in [-0.1, -0.05) is 36.4 Å². The summed E-state index contributed by atoms with van der Waals surface area (Å²) in [5, 5.41) is 9.34. The molecular weight excluding hydrogens is 294 g/mol. The fraction of sp³-hybridized carbons (Fsp3) is 0.176. The van der Waals surface area contributed by atoms with Crippen molar-refractivity contribution in [2.24, 2.45) is 0 Å². The highest BCUT2D eigenvalue weighted by molar-refractivity contribution is 7.10. The van der Waals surface area contributed by atoms with Crippen LogP contribution in [0.15, 0.2) is 66.3 Å². The van der Waals surface area contributed by atoms with Crippen LogP contribution in [0.5, 0.6) is 0 Å². The Hall–Kier alpha value is -2.40. The highest BCUT2D eigenvalue weighted by Crippen LogP contribution is 2.16. The van der Waals surface area contributed by atoms with Crippen molar-refractivity contribution in [1.82, 2.24) is 15.1 Å². The molecular formula is C17H17N3OS. The number of nitrogens with one attached hydrogen (secondary N) is 1. The van der Waals surface area contributed by atoms with Gasteiger partial charge in [0.1, 0.15) is 0 Å². The minimum atomic E-state index is -0.0893. The normalized spacial score (nSPS) is 12.0. The van der Waals surface area contributed by atoms with Gasteiger partial charge in [0.2, 0.25) is 5.91 Å². The maximum Gasteiger partial charge on any atom is 0.225 e. The van der Waals surface area contributed by atoms with E-state index in [-0.39, 0.29) is 11.9 Å². The molecule has 0 saturated heterocycles. The zero-order valence-electron chi connectivity index (χ0n) is 12.1. The van der Waals surface area contributed by atoms with Gasteiger partial charge < -0.3 is 5.32 Å². The Morgan fingerprint density at radius 2 is 2.05 bits per heavy atom. The Morgan fingerprint density at radius 3 is 2.73 bits per heavy atom. The van der Waals surface area contributed by atoms with Crippen LogP contribution < -0.4 is 5.32 Å². The maximum atomic E-state index is 12.3. The summed E-state index contributed by atoms with van der Waals surface area (Å²) in [4.78, 5) is 13.4. The van der Waals surface area contributed by atoms with E-state index in [1.54, 1.807) is 17.5 Å². The summed E-state index contributed by atoms with van der Waals surface area (Å²) >= 11 is 1.60. The molecule has 0 aliphatic heterocycles. The summed E-state index contributed by atoms with van der Waals surface area (Å²) in [6, 6.07) is 15.7. The second kappa shape index (κ2) is 7.04. The third-order valence-electron chi connectivity index (χ3n) is 3.38. The van der Waals surface area contributed by atoms with E-state index in [9.17, 15) is 4.79 Å². The Kier molecular flexibility index (Phi) is 4.65. The summed E-state index contributed by atoms with van der Waals surface area (Å²) in [5.41, 5.74) is 1.08. The van der Waals surface area contributed by atoms with E-state index < -0.39 is 0 Å². The molecule has 1 aromatic carbocycles. The standard InChI is InChI=1S/C17H17N3OS/c21-17(12-15-8-4-11-22-15)19-16(13-20-10-5-9-18-20)14-6-2-1-3-7-14/h1-11,16H,12-13H2,(H,19,21)/t16-/m0/s1. The van der Waals surface area contributed by atoms with E-state index in [2.05, 4.69) is 10.4 Å². The fourth-order valence-corrected chi connectivity index (χ4v) is 3.04. The van der Waals surface area contributed by atoms with E-state index in [0.29, 0.717) is 13.0 Å². The quantitative estimate of drug-likeness (QED) is 0.760. The van der Waals surface area contributed by atoms with Crippen LogP contribution in [0.25, 0.3) is 0 Å². The van der Waals surface area contributed by atoms with Gasteiger partial charge in [0.05, 0.1) is 19.0 Å². The smallest absolute Gasteiger partial charge is 0.225 e. The van der Waals surface area contributed by atoms with Gasteiger partial charge in [-0.05, 0) is 23.1 Å². The number of rotatable bonds is 6. The Balaban J connectivity index is 1.72. The van der Waals surface area contributed by atoms with E-state index in [4.69, 9.17) is 0 Å². The van der Waals surface area contributed by atoms with Crippen molar-refractivity contribution in [2.45, 2.75) is 19.0 Å². The molecule has 4 nitrogen and oxygen atoms in total. The molecule has 1 N–H and O–H groups in total. The zero-order valence-corrected chi connectivity index (χ0v) is 12.9. The topological polar surface area (TPSA) is 46.9 Å². The van der Waals surface area contributed by atoms with Crippen LogP contribution in [-0.4, -0.2) is 15.7 Å². The largest absolute Gasteiger partial charge is 0.347 e. The summed E-state index contributed by atoms with van der Waals surface area (Å²) in [7, 11) is 0. The highest BCUT2D eigenvalue weighted by atomic mass is 32.1. The van der Waals surface area contributed by atoms with Crippen LogP contribution in [0.4, 0.5) is 0 Å². The molecule has 1 amide bonds. The first-order valence-electron chi connectivity index (χ1n) is 7.15. The Bertz CT molecular complexity index is 693. The molecule has 0 radical (unpaired) electrons. The number of nitrogens with zero attached hydrogens (tertiary/aromatic N) is 2. The first kappa shape index (κ1) is 14.5. The molecule has 1 atom stereocenters. The lowest BCUT2D eigenvalue weighted by Crippen LogP contribution is -2.32. The summed E-state index contributed by atoms with van der Waals surface area (Å²) in [5.74, 6) is 0.0310. The van der Waals surface area contributed by atoms with E-state index in [0.717, 1.165) is 10.4 Å². The lowest BCUT2D eigenvalue weighted by molar-refractivity contribution is -0.121. The highest BCUT2D eigenvalue weighted by Gasteiger charge is 2.15. The lowest BCUT2D eigenvalue weighted by Gasteiger charge is -2.19. The second-order valence-electron chi connectivity index (χ2n) is 5.02. The minimum Gasteiger partial charge on any atom is -0.347 e. The van der Waals surface area contributed by atoms with Crippen LogP contribution >= 0.6 is 11.3 Å². The lowest BCUT2D eigenvalue weighted by atomic mass is 10.1. The average molecular weight is 311 g/mol. The van der Waals surface area contributed by atoms with E-state index in [1.165, 1.54) is 0 Å². The number of hydrogen-bond acceptors (Lipinski definition) is 3. The molecule has 0 spiro atoms. The molecule has 0 unspecified atom stereocenters. The molecule has 3 rings (SSSR count). The Morgan fingerprint density at radius 1 is 1.18 bits per heavy atom. The first-order chi connectivity index (χ1) is 10.8. The SMILES string of the molecule is O=C(Cc1cccs1)N[C@@H](Cn1cccn1)c1ccccc1. The predicted octanol–water partition coefficient (Wildman–Crippen LogP) is 3.04. The molecule has 3 aromatic rings. The third-order valence-corrected chi connectivity index (χ3v) is 4.26. The number of carbonyl (C=O) groups excluding carboxylic acids is 1. The predicted molar refractivity (Wildman–Crippen MR) is 87.6 cm³/mol. The van der Waals surface area contributed by atoms with Gasteiger partial charge in [0, 0.05) is 17.3 Å². The number of benzene rings is 1. The van der Waals surface area contributed by atoms with Crippen LogP contribution in [0.3, 0.4) is 0 Å². The van der Waals surface area contributed by atoms with Crippen LogP contribution in [0.2, 0.25) is 0 Å². The van der Waals surface area contributed by atoms with Gasteiger partial charge in [-0.25, -0.2) is 0 Å². The molecule has 112 valence electrons. The molecule has 0 aliphatic rings. The summed E-state index contributed by atoms with van der Waals surface area (Å²) < 4.78 is 1.84.